The van der Waals surface area contributed by atoms with Crippen LogP contribution in [0.4, 0.5) is 11.4 Å². The van der Waals surface area contributed by atoms with Crippen LogP contribution in [0.3, 0.4) is 0 Å². The van der Waals surface area contributed by atoms with Gasteiger partial charge in [0, 0.05) is 18.2 Å². The number of rotatable bonds is 6. The number of pyridine rings is 2. The van der Waals surface area contributed by atoms with Gasteiger partial charge in [-0.25, -0.2) is 0 Å². The molecule has 31 heavy (non-hydrogen) atoms. The number of nitrogens with zero attached hydrogens (tertiary/aromatic N) is 3. The summed E-state index contributed by atoms with van der Waals surface area (Å²) in [5, 5.41) is 21.2. The van der Waals surface area contributed by atoms with Gasteiger partial charge in [-0.05, 0) is 61.3 Å². The standard InChI is InChI=1S/C25H24N4O2/c26-13-18-11-23(15-27-14-18)29-22-9-10-24(28-16-22)21-7-5-20(6-8-21)19-3-1-17(2-4-19)12-25(30)31/h5-11,14-17,19,29H,1-4,12H2,(H,30,31). The van der Waals surface area contributed by atoms with E-state index in [1.54, 1.807) is 18.5 Å². The number of hydrogen-bond acceptors (Lipinski definition) is 5. The van der Waals surface area contributed by atoms with Crippen molar-refractivity contribution in [1.82, 2.24) is 9.97 Å². The highest BCUT2D eigenvalue weighted by molar-refractivity contribution is 5.67. The summed E-state index contributed by atoms with van der Waals surface area (Å²) in [7, 11) is 0. The Kier molecular flexibility index (Phi) is 6.23. The van der Waals surface area contributed by atoms with Gasteiger partial charge in [0.05, 0.1) is 35.0 Å². The maximum atomic E-state index is 10.9. The smallest absolute Gasteiger partial charge is 0.303 e. The Labute approximate surface area is 181 Å². The van der Waals surface area contributed by atoms with Crippen LogP contribution >= 0.6 is 0 Å². The van der Waals surface area contributed by atoms with Crippen molar-refractivity contribution in [2.24, 2.45) is 5.92 Å². The second kappa shape index (κ2) is 9.40. The molecule has 6 heteroatoms. The Hall–Kier alpha value is -3.72. The van der Waals surface area contributed by atoms with Gasteiger partial charge in [0.2, 0.25) is 0 Å². The molecule has 156 valence electrons. The molecule has 0 aliphatic heterocycles. The van der Waals surface area contributed by atoms with Crippen LogP contribution < -0.4 is 5.32 Å². The molecule has 4 rings (SSSR count). The third-order valence-corrected chi connectivity index (χ3v) is 5.91. The summed E-state index contributed by atoms with van der Waals surface area (Å²) in [6.45, 7) is 0. The number of benzene rings is 1. The molecule has 0 spiro atoms. The lowest BCUT2D eigenvalue weighted by molar-refractivity contribution is -0.138. The van der Waals surface area contributed by atoms with Crippen LogP contribution in [0.1, 0.15) is 49.1 Å². The summed E-state index contributed by atoms with van der Waals surface area (Å²) in [5.41, 5.74) is 5.35. The molecule has 0 amide bonds. The van der Waals surface area contributed by atoms with E-state index in [9.17, 15) is 4.79 Å². The highest BCUT2D eigenvalue weighted by Gasteiger charge is 2.23. The number of hydrogen-bond donors (Lipinski definition) is 2. The van der Waals surface area contributed by atoms with Crippen molar-refractivity contribution < 1.29 is 9.90 Å². The molecule has 2 N–H and O–H groups in total. The van der Waals surface area contributed by atoms with Crippen LogP contribution in [-0.4, -0.2) is 21.0 Å². The summed E-state index contributed by atoms with van der Waals surface area (Å²) >= 11 is 0. The normalized spacial score (nSPS) is 18.2. The lowest BCUT2D eigenvalue weighted by Crippen LogP contribution is -2.16. The van der Waals surface area contributed by atoms with Gasteiger partial charge in [0.25, 0.3) is 0 Å². The van der Waals surface area contributed by atoms with E-state index in [0.717, 1.165) is 48.3 Å². The van der Waals surface area contributed by atoms with Crippen LogP contribution in [0.2, 0.25) is 0 Å². The van der Waals surface area contributed by atoms with Gasteiger partial charge < -0.3 is 10.4 Å². The Morgan fingerprint density at radius 3 is 2.45 bits per heavy atom. The largest absolute Gasteiger partial charge is 0.481 e. The molecule has 1 aliphatic rings. The zero-order valence-corrected chi connectivity index (χ0v) is 17.2. The first-order valence-electron chi connectivity index (χ1n) is 10.5. The molecule has 0 saturated heterocycles. The quantitative estimate of drug-likeness (QED) is 0.554. The predicted octanol–water partition coefficient (Wildman–Crippen LogP) is 5.51. The molecule has 1 aromatic carbocycles. The number of carboxylic acids is 1. The van der Waals surface area contributed by atoms with Crippen molar-refractivity contribution in [1.29, 1.82) is 5.26 Å². The summed E-state index contributed by atoms with van der Waals surface area (Å²) in [4.78, 5) is 19.5. The van der Waals surface area contributed by atoms with Crippen LogP contribution in [0, 0.1) is 17.2 Å². The third-order valence-electron chi connectivity index (χ3n) is 5.91. The lowest BCUT2D eigenvalue weighted by Gasteiger charge is -2.28. The van der Waals surface area contributed by atoms with Gasteiger partial charge in [-0.1, -0.05) is 24.3 Å². The fraction of sp³-hybridized carbons (Fsp3) is 0.280. The van der Waals surface area contributed by atoms with Crippen molar-refractivity contribution in [3.05, 3.63) is 72.2 Å². The molecule has 1 saturated carbocycles. The fourth-order valence-corrected chi connectivity index (χ4v) is 4.25. The zero-order valence-electron chi connectivity index (χ0n) is 17.2. The van der Waals surface area contributed by atoms with Crippen molar-refractivity contribution in [3.8, 4) is 17.3 Å². The Balaban J connectivity index is 1.38. The van der Waals surface area contributed by atoms with Crippen LogP contribution in [0.15, 0.2) is 61.1 Å². The predicted molar refractivity (Wildman–Crippen MR) is 119 cm³/mol. The second-order valence-corrected chi connectivity index (χ2v) is 8.07. The number of nitrogens with one attached hydrogen (secondary N) is 1. The van der Waals surface area contributed by atoms with E-state index in [2.05, 4.69) is 45.6 Å². The molecule has 2 aromatic heterocycles. The van der Waals surface area contributed by atoms with Crippen LogP contribution in [0.5, 0.6) is 0 Å². The average molecular weight is 412 g/mol. The van der Waals surface area contributed by atoms with Crippen molar-refractivity contribution in [2.75, 3.05) is 5.32 Å². The monoisotopic (exact) mass is 412 g/mol. The minimum Gasteiger partial charge on any atom is -0.481 e. The Morgan fingerprint density at radius 1 is 1.03 bits per heavy atom. The summed E-state index contributed by atoms with van der Waals surface area (Å²) in [5.74, 6) is 0.146. The number of nitriles is 1. The maximum absolute atomic E-state index is 10.9. The molecular weight excluding hydrogens is 388 g/mol. The van der Waals surface area contributed by atoms with Gasteiger partial charge in [-0.3, -0.25) is 14.8 Å². The molecule has 1 aliphatic carbocycles. The molecular formula is C25H24N4O2. The number of carbonyl (C=O) groups is 1. The molecule has 0 radical (unpaired) electrons. The Bertz CT molecular complexity index is 1080. The fourth-order valence-electron chi connectivity index (χ4n) is 4.25. The van der Waals surface area contributed by atoms with E-state index in [0.29, 0.717) is 23.8 Å². The van der Waals surface area contributed by atoms with Gasteiger partial charge in [-0.15, -0.1) is 0 Å². The number of aromatic nitrogens is 2. The summed E-state index contributed by atoms with van der Waals surface area (Å²) in [6.07, 6.45) is 9.34. The number of aliphatic carboxylic acids is 1. The minimum atomic E-state index is -0.686. The first-order chi connectivity index (χ1) is 15.1. The van der Waals surface area contributed by atoms with Crippen LogP contribution in [0.25, 0.3) is 11.3 Å². The molecule has 3 aromatic rings. The summed E-state index contributed by atoms with van der Waals surface area (Å²) in [6, 6.07) is 16.3. The molecule has 1 fully saturated rings. The van der Waals surface area contributed by atoms with E-state index in [4.69, 9.17) is 10.4 Å². The van der Waals surface area contributed by atoms with E-state index in [1.165, 1.54) is 11.8 Å². The highest BCUT2D eigenvalue weighted by Crippen LogP contribution is 2.37. The number of carboxylic acid groups (broad SMARTS) is 1. The molecule has 0 unspecified atom stereocenters. The lowest BCUT2D eigenvalue weighted by atomic mass is 9.77. The highest BCUT2D eigenvalue weighted by atomic mass is 16.4. The molecule has 0 atom stereocenters. The van der Waals surface area contributed by atoms with Gasteiger partial charge >= 0.3 is 5.97 Å². The zero-order chi connectivity index (χ0) is 21.6. The SMILES string of the molecule is N#Cc1cncc(Nc2ccc(-c3ccc(C4CCC(CC(=O)O)CC4)cc3)nc2)c1. The van der Waals surface area contributed by atoms with Crippen molar-refractivity contribution in [2.45, 2.75) is 38.0 Å². The average Bonchev–Trinajstić information content (AvgIpc) is 2.80. The van der Waals surface area contributed by atoms with E-state index in [1.807, 2.05) is 12.1 Å². The Morgan fingerprint density at radius 2 is 1.81 bits per heavy atom. The van der Waals surface area contributed by atoms with Crippen molar-refractivity contribution in [3.63, 3.8) is 0 Å². The first kappa shape index (κ1) is 20.5. The second-order valence-electron chi connectivity index (χ2n) is 8.07. The van der Waals surface area contributed by atoms with Gasteiger partial charge in [0.15, 0.2) is 0 Å². The van der Waals surface area contributed by atoms with E-state index in [-0.39, 0.29) is 0 Å². The maximum Gasteiger partial charge on any atom is 0.303 e. The van der Waals surface area contributed by atoms with Gasteiger partial charge in [0.1, 0.15) is 6.07 Å². The van der Waals surface area contributed by atoms with Gasteiger partial charge in [-0.2, -0.15) is 5.26 Å². The van der Waals surface area contributed by atoms with E-state index < -0.39 is 5.97 Å². The number of anilines is 2. The molecule has 2 heterocycles. The molecule has 0 bridgehead atoms. The minimum absolute atomic E-state index is 0.294. The van der Waals surface area contributed by atoms with Crippen LogP contribution in [-0.2, 0) is 4.79 Å². The van der Waals surface area contributed by atoms with E-state index >= 15 is 0 Å². The van der Waals surface area contributed by atoms with Crippen molar-refractivity contribution >= 4 is 17.3 Å². The summed E-state index contributed by atoms with van der Waals surface area (Å²) < 4.78 is 0. The topological polar surface area (TPSA) is 98.9 Å². The third kappa shape index (κ3) is 5.26. The first-order valence-corrected chi connectivity index (χ1v) is 10.5. The molecule has 6 nitrogen and oxygen atoms in total.